The molecule has 1 N–H and O–H groups in total. The summed E-state index contributed by atoms with van der Waals surface area (Å²) in [5.74, 6) is -2.26. The van der Waals surface area contributed by atoms with Gasteiger partial charge in [-0.2, -0.15) is 0 Å². The van der Waals surface area contributed by atoms with E-state index in [1.807, 2.05) is 13.8 Å². The van der Waals surface area contributed by atoms with Crippen LogP contribution in [0.1, 0.15) is 39.2 Å². The number of fused-ring (bicyclic) bond motifs is 1. The topological polar surface area (TPSA) is 29.5 Å². The van der Waals surface area contributed by atoms with Crippen LogP contribution in [-0.2, 0) is 0 Å². The first-order chi connectivity index (χ1) is 10.2. The Morgan fingerprint density at radius 2 is 1.68 bits per heavy atom. The van der Waals surface area contributed by atoms with Gasteiger partial charge in [0.1, 0.15) is 5.75 Å². The van der Waals surface area contributed by atoms with Gasteiger partial charge in [0.2, 0.25) is 0 Å². The molecular formula is C16H18F4O2. The summed E-state index contributed by atoms with van der Waals surface area (Å²) in [6.07, 6.45) is -4.98. The molecule has 0 bridgehead atoms. The molecular weight excluding hydrogens is 300 g/mol. The molecule has 2 rings (SSSR count). The fourth-order valence-electron chi connectivity index (χ4n) is 2.09. The van der Waals surface area contributed by atoms with Crippen molar-refractivity contribution in [1.29, 1.82) is 0 Å². The van der Waals surface area contributed by atoms with Crippen LogP contribution < -0.4 is 4.74 Å². The number of hydrogen-bond donors (Lipinski definition) is 1. The Bertz CT molecular complexity index is 649. The average Bonchev–Trinajstić information content (AvgIpc) is 2.42. The minimum absolute atomic E-state index is 0.0233. The second-order valence-corrected chi connectivity index (χ2v) is 4.71. The minimum atomic E-state index is -4.98. The van der Waals surface area contributed by atoms with Gasteiger partial charge in [-0.25, -0.2) is 4.39 Å². The summed E-state index contributed by atoms with van der Waals surface area (Å²) in [6.45, 7) is 7.47. The third kappa shape index (κ3) is 4.02. The number of alkyl halides is 3. The van der Waals surface area contributed by atoms with Gasteiger partial charge in [0.25, 0.3) is 0 Å². The highest BCUT2D eigenvalue weighted by Gasteiger charge is 2.34. The summed E-state index contributed by atoms with van der Waals surface area (Å²) in [5, 5.41) is 9.91. The first-order valence-corrected chi connectivity index (χ1v) is 6.90. The van der Waals surface area contributed by atoms with Gasteiger partial charge in [-0.1, -0.05) is 33.8 Å². The normalized spacial score (nSPS) is 11.3. The van der Waals surface area contributed by atoms with E-state index in [9.17, 15) is 22.7 Å². The molecule has 0 saturated carbocycles. The molecule has 0 saturated heterocycles. The average molecular weight is 318 g/mol. The molecule has 22 heavy (non-hydrogen) atoms. The Morgan fingerprint density at radius 3 is 2.18 bits per heavy atom. The van der Waals surface area contributed by atoms with Gasteiger partial charge in [0, 0.05) is 5.39 Å². The summed E-state index contributed by atoms with van der Waals surface area (Å²) in [4.78, 5) is 0. The number of aromatic hydroxyl groups is 1. The molecule has 0 fully saturated rings. The predicted octanol–water partition coefficient (Wildman–Crippen LogP) is 5.73. The standard InChI is InChI=1S/C14H12F4O2.C2H6/c1-7(2)10-6-9(19)5-8-3-4-11(15)13(12(8)10)20-14(16,17)18;1-2/h3-7,19H,1-2H3;1-2H3. The number of ether oxygens (including phenoxy) is 1. The van der Waals surface area contributed by atoms with E-state index in [0.29, 0.717) is 5.56 Å². The van der Waals surface area contributed by atoms with E-state index < -0.39 is 17.9 Å². The van der Waals surface area contributed by atoms with E-state index >= 15 is 0 Å². The maximum absolute atomic E-state index is 13.7. The van der Waals surface area contributed by atoms with Gasteiger partial charge in [0.05, 0.1) is 0 Å². The fourth-order valence-corrected chi connectivity index (χ4v) is 2.09. The second-order valence-electron chi connectivity index (χ2n) is 4.71. The van der Waals surface area contributed by atoms with Crippen molar-refractivity contribution in [3.8, 4) is 11.5 Å². The lowest BCUT2D eigenvalue weighted by molar-refractivity contribution is -0.275. The van der Waals surface area contributed by atoms with E-state index in [4.69, 9.17) is 0 Å². The Labute approximate surface area is 126 Å². The molecule has 0 aliphatic carbocycles. The molecule has 0 spiro atoms. The van der Waals surface area contributed by atoms with Gasteiger partial charge < -0.3 is 9.84 Å². The Balaban J connectivity index is 0.00000116. The van der Waals surface area contributed by atoms with Crippen LogP contribution in [0.2, 0.25) is 0 Å². The van der Waals surface area contributed by atoms with Crippen LogP contribution in [0, 0.1) is 5.82 Å². The molecule has 6 heteroatoms. The number of rotatable bonds is 2. The maximum Gasteiger partial charge on any atom is 0.573 e. The molecule has 2 aromatic rings. The fraction of sp³-hybridized carbons (Fsp3) is 0.375. The van der Waals surface area contributed by atoms with Gasteiger partial charge in [-0.15, -0.1) is 13.2 Å². The number of phenolic OH excluding ortho intramolecular Hbond substituents is 1. The first-order valence-electron chi connectivity index (χ1n) is 6.90. The van der Waals surface area contributed by atoms with Crippen molar-refractivity contribution in [2.75, 3.05) is 0 Å². The van der Waals surface area contributed by atoms with Crippen LogP contribution >= 0.6 is 0 Å². The monoisotopic (exact) mass is 318 g/mol. The van der Waals surface area contributed by atoms with Crippen molar-refractivity contribution in [2.24, 2.45) is 0 Å². The van der Waals surface area contributed by atoms with Crippen molar-refractivity contribution in [2.45, 2.75) is 40.0 Å². The maximum atomic E-state index is 13.7. The zero-order chi connectivity index (χ0) is 17.1. The van der Waals surface area contributed by atoms with E-state index in [2.05, 4.69) is 4.74 Å². The molecule has 0 aliphatic heterocycles. The van der Waals surface area contributed by atoms with Gasteiger partial charge in [-0.3, -0.25) is 0 Å². The van der Waals surface area contributed by atoms with Crippen molar-refractivity contribution in [3.05, 3.63) is 35.6 Å². The first kappa shape index (κ1) is 18.1. The van der Waals surface area contributed by atoms with Gasteiger partial charge >= 0.3 is 6.36 Å². The van der Waals surface area contributed by atoms with Gasteiger partial charge in [-0.05, 0) is 35.1 Å². The van der Waals surface area contributed by atoms with E-state index in [1.165, 1.54) is 18.2 Å². The van der Waals surface area contributed by atoms with Crippen molar-refractivity contribution in [3.63, 3.8) is 0 Å². The van der Waals surface area contributed by atoms with Crippen LogP contribution in [0.5, 0.6) is 11.5 Å². The second kappa shape index (κ2) is 6.85. The number of benzene rings is 2. The summed E-state index contributed by atoms with van der Waals surface area (Å²) >= 11 is 0. The molecule has 122 valence electrons. The summed E-state index contributed by atoms with van der Waals surface area (Å²) in [6, 6.07) is 4.77. The van der Waals surface area contributed by atoms with Crippen LogP contribution in [0.25, 0.3) is 10.8 Å². The van der Waals surface area contributed by atoms with E-state index in [0.717, 1.165) is 6.07 Å². The minimum Gasteiger partial charge on any atom is -0.508 e. The lowest BCUT2D eigenvalue weighted by Gasteiger charge is -2.17. The van der Waals surface area contributed by atoms with Crippen molar-refractivity contribution < 1.29 is 27.4 Å². The van der Waals surface area contributed by atoms with Gasteiger partial charge in [0.15, 0.2) is 11.6 Å². The SMILES string of the molecule is CC.CC(C)c1cc(O)cc2ccc(F)c(OC(F)(F)F)c12. The summed E-state index contributed by atoms with van der Waals surface area (Å²) < 4.78 is 54.8. The third-order valence-electron chi connectivity index (χ3n) is 2.88. The highest BCUT2D eigenvalue weighted by atomic mass is 19.4. The molecule has 0 heterocycles. The van der Waals surface area contributed by atoms with Crippen LogP contribution in [0.3, 0.4) is 0 Å². The summed E-state index contributed by atoms with van der Waals surface area (Å²) in [7, 11) is 0. The Morgan fingerprint density at radius 1 is 1.09 bits per heavy atom. The molecule has 0 atom stereocenters. The molecule has 0 aromatic heterocycles. The van der Waals surface area contributed by atoms with E-state index in [1.54, 1.807) is 13.8 Å². The van der Waals surface area contributed by atoms with E-state index in [-0.39, 0.29) is 22.4 Å². The Kier molecular flexibility index (Phi) is 5.63. The highest BCUT2D eigenvalue weighted by molar-refractivity contribution is 5.93. The highest BCUT2D eigenvalue weighted by Crippen LogP contribution is 2.39. The lowest BCUT2D eigenvalue weighted by atomic mass is 9.95. The molecule has 0 amide bonds. The third-order valence-corrected chi connectivity index (χ3v) is 2.88. The quantitative estimate of drug-likeness (QED) is 0.716. The predicted molar refractivity (Wildman–Crippen MR) is 77.7 cm³/mol. The van der Waals surface area contributed by atoms with Crippen LogP contribution in [0.4, 0.5) is 17.6 Å². The van der Waals surface area contributed by atoms with Crippen molar-refractivity contribution >= 4 is 10.8 Å². The summed E-state index contributed by atoms with van der Waals surface area (Å²) in [5.41, 5.74) is 0.388. The number of phenols is 1. The zero-order valence-electron chi connectivity index (χ0n) is 12.8. The lowest BCUT2D eigenvalue weighted by Crippen LogP contribution is -2.18. The van der Waals surface area contributed by atoms with Crippen LogP contribution in [0.15, 0.2) is 24.3 Å². The molecule has 2 aromatic carbocycles. The molecule has 2 nitrogen and oxygen atoms in total. The molecule has 0 aliphatic rings. The number of halogens is 4. The number of hydrogen-bond acceptors (Lipinski definition) is 2. The zero-order valence-corrected chi connectivity index (χ0v) is 12.8. The van der Waals surface area contributed by atoms with Crippen molar-refractivity contribution in [1.82, 2.24) is 0 Å². The molecule has 0 unspecified atom stereocenters. The van der Waals surface area contributed by atoms with Crippen LogP contribution in [-0.4, -0.2) is 11.5 Å². The largest absolute Gasteiger partial charge is 0.573 e. The Hall–Kier alpha value is -1.98. The molecule has 0 radical (unpaired) electrons. The smallest absolute Gasteiger partial charge is 0.508 e.